The first-order valence-corrected chi connectivity index (χ1v) is 9.01. The molecule has 2 aromatic carbocycles. The number of hydrogen-bond acceptors (Lipinski definition) is 4. The van der Waals surface area contributed by atoms with Gasteiger partial charge in [-0.05, 0) is 42.5 Å². The predicted octanol–water partition coefficient (Wildman–Crippen LogP) is 4.41. The van der Waals surface area contributed by atoms with Crippen molar-refractivity contribution >= 4 is 21.8 Å². The van der Waals surface area contributed by atoms with Gasteiger partial charge in [0, 0.05) is 15.6 Å². The number of benzene rings is 2. The highest BCUT2D eigenvalue weighted by Gasteiger charge is 2.15. The standard InChI is InChI=1S/C20H16BrNO4/c21-15-4-1-13(2-5-15)17-8-6-16(26-17)12-22-20(23)14-3-7-18-19(11-14)25-10-9-24-18/h1-8,11H,9-10,12H2,(H,22,23). The summed E-state index contributed by atoms with van der Waals surface area (Å²) in [6.07, 6.45) is 0. The Hall–Kier alpha value is -2.73. The van der Waals surface area contributed by atoms with E-state index in [4.69, 9.17) is 13.9 Å². The zero-order valence-electron chi connectivity index (χ0n) is 13.8. The summed E-state index contributed by atoms with van der Waals surface area (Å²) >= 11 is 3.41. The van der Waals surface area contributed by atoms with Crippen molar-refractivity contribution in [3.05, 3.63) is 70.4 Å². The average molecular weight is 414 g/mol. The SMILES string of the molecule is O=C(NCc1ccc(-c2ccc(Br)cc2)o1)c1ccc2c(c1)OCCO2. The molecule has 3 aromatic rings. The van der Waals surface area contributed by atoms with Gasteiger partial charge in [0.2, 0.25) is 0 Å². The molecule has 5 nitrogen and oxygen atoms in total. The van der Waals surface area contributed by atoms with E-state index in [-0.39, 0.29) is 5.91 Å². The molecule has 0 atom stereocenters. The van der Waals surface area contributed by atoms with E-state index in [1.807, 2.05) is 36.4 Å². The monoisotopic (exact) mass is 413 g/mol. The highest BCUT2D eigenvalue weighted by molar-refractivity contribution is 9.10. The van der Waals surface area contributed by atoms with Crippen molar-refractivity contribution in [3.8, 4) is 22.8 Å². The second-order valence-electron chi connectivity index (χ2n) is 5.81. The van der Waals surface area contributed by atoms with E-state index in [9.17, 15) is 4.79 Å². The molecule has 2 heterocycles. The van der Waals surface area contributed by atoms with Gasteiger partial charge in [0.05, 0.1) is 6.54 Å². The van der Waals surface area contributed by atoms with Crippen molar-refractivity contribution in [1.29, 1.82) is 0 Å². The van der Waals surface area contributed by atoms with Crippen LogP contribution >= 0.6 is 15.9 Å². The molecule has 0 aliphatic carbocycles. The first kappa shape index (κ1) is 16.7. The average Bonchev–Trinajstić information content (AvgIpc) is 3.15. The molecule has 6 heteroatoms. The van der Waals surface area contributed by atoms with E-state index < -0.39 is 0 Å². The Morgan fingerprint density at radius 3 is 2.54 bits per heavy atom. The van der Waals surface area contributed by atoms with E-state index in [0.29, 0.717) is 42.6 Å². The van der Waals surface area contributed by atoms with Gasteiger partial charge in [0.1, 0.15) is 24.7 Å². The molecule has 0 fully saturated rings. The normalized spacial score (nSPS) is 12.7. The summed E-state index contributed by atoms with van der Waals surface area (Å²) in [5, 5.41) is 2.86. The number of fused-ring (bicyclic) bond motifs is 1. The molecule has 0 bridgehead atoms. The van der Waals surface area contributed by atoms with Crippen molar-refractivity contribution in [2.75, 3.05) is 13.2 Å². The third kappa shape index (κ3) is 3.60. The van der Waals surface area contributed by atoms with Crippen molar-refractivity contribution in [2.24, 2.45) is 0 Å². The maximum Gasteiger partial charge on any atom is 0.251 e. The van der Waals surface area contributed by atoms with Crippen LogP contribution in [0.1, 0.15) is 16.1 Å². The molecule has 0 unspecified atom stereocenters. The molecule has 0 saturated carbocycles. The zero-order chi connectivity index (χ0) is 17.9. The molecular formula is C20H16BrNO4. The largest absolute Gasteiger partial charge is 0.486 e. The van der Waals surface area contributed by atoms with Crippen molar-refractivity contribution < 1.29 is 18.7 Å². The van der Waals surface area contributed by atoms with Crippen LogP contribution in [0.25, 0.3) is 11.3 Å². The molecule has 0 spiro atoms. The second-order valence-corrected chi connectivity index (χ2v) is 6.73. The number of hydrogen-bond donors (Lipinski definition) is 1. The molecule has 1 aromatic heterocycles. The van der Waals surface area contributed by atoms with Gasteiger partial charge in [-0.1, -0.05) is 28.1 Å². The number of rotatable bonds is 4. The smallest absolute Gasteiger partial charge is 0.251 e. The molecule has 0 radical (unpaired) electrons. The number of ether oxygens (including phenoxy) is 2. The van der Waals surface area contributed by atoms with Crippen molar-refractivity contribution in [2.45, 2.75) is 6.54 Å². The van der Waals surface area contributed by atoms with Gasteiger partial charge in [-0.25, -0.2) is 0 Å². The summed E-state index contributed by atoms with van der Waals surface area (Å²) in [5.74, 6) is 2.52. The summed E-state index contributed by atoms with van der Waals surface area (Å²) in [7, 11) is 0. The third-order valence-electron chi connectivity index (χ3n) is 4.02. The minimum atomic E-state index is -0.191. The van der Waals surface area contributed by atoms with Crippen LogP contribution in [0.3, 0.4) is 0 Å². The van der Waals surface area contributed by atoms with Gasteiger partial charge in [-0.2, -0.15) is 0 Å². The van der Waals surface area contributed by atoms with Crippen molar-refractivity contribution in [3.63, 3.8) is 0 Å². The number of halogens is 1. The lowest BCUT2D eigenvalue weighted by molar-refractivity contribution is 0.0947. The maximum absolute atomic E-state index is 12.4. The van der Waals surface area contributed by atoms with Gasteiger partial charge < -0.3 is 19.2 Å². The van der Waals surface area contributed by atoms with Crippen LogP contribution in [0.4, 0.5) is 0 Å². The van der Waals surface area contributed by atoms with Crippen LogP contribution in [-0.2, 0) is 6.54 Å². The lowest BCUT2D eigenvalue weighted by atomic mass is 10.2. The second kappa shape index (κ2) is 7.25. The van der Waals surface area contributed by atoms with E-state index >= 15 is 0 Å². The predicted molar refractivity (Wildman–Crippen MR) is 100 cm³/mol. The Labute approximate surface area is 159 Å². The summed E-state index contributed by atoms with van der Waals surface area (Å²) in [4.78, 5) is 12.4. The van der Waals surface area contributed by atoms with E-state index in [1.165, 1.54) is 0 Å². The van der Waals surface area contributed by atoms with E-state index in [1.54, 1.807) is 18.2 Å². The molecule has 1 N–H and O–H groups in total. The van der Waals surface area contributed by atoms with Crippen LogP contribution in [0.5, 0.6) is 11.5 Å². The fourth-order valence-electron chi connectivity index (χ4n) is 2.70. The molecule has 4 rings (SSSR count). The summed E-state index contributed by atoms with van der Waals surface area (Å²) < 4.78 is 17.8. The lowest BCUT2D eigenvalue weighted by Gasteiger charge is -2.18. The number of carbonyl (C=O) groups excluding carboxylic acids is 1. The first-order chi connectivity index (χ1) is 12.7. The number of furan rings is 1. The Morgan fingerprint density at radius 1 is 0.962 bits per heavy atom. The van der Waals surface area contributed by atoms with Gasteiger partial charge in [-0.3, -0.25) is 4.79 Å². The quantitative estimate of drug-likeness (QED) is 0.687. The van der Waals surface area contributed by atoms with Crippen LogP contribution < -0.4 is 14.8 Å². The van der Waals surface area contributed by atoms with Crippen molar-refractivity contribution in [1.82, 2.24) is 5.32 Å². The minimum absolute atomic E-state index is 0.191. The summed E-state index contributed by atoms with van der Waals surface area (Å²) in [6, 6.07) is 16.8. The highest BCUT2D eigenvalue weighted by atomic mass is 79.9. The number of nitrogens with one attached hydrogen (secondary N) is 1. The van der Waals surface area contributed by atoms with Gasteiger partial charge >= 0.3 is 0 Å². The summed E-state index contributed by atoms with van der Waals surface area (Å²) in [5.41, 5.74) is 1.51. The van der Waals surface area contributed by atoms with E-state index in [0.717, 1.165) is 15.8 Å². The number of carbonyl (C=O) groups is 1. The fraction of sp³-hybridized carbons (Fsp3) is 0.150. The minimum Gasteiger partial charge on any atom is -0.486 e. The van der Waals surface area contributed by atoms with Crippen LogP contribution in [0.15, 0.2) is 63.5 Å². The molecule has 132 valence electrons. The Balaban J connectivity index is 1.41. The van der Waals surface area contributed by atoms with Gasteiger partial charge in [-0.15, -0.1) is 0 Å². The third-order valence-corrected chi connectivity index (χ3v) is 4.55. The molecule has 0 saturated heterocycles. The Morgan fingerprint density at radius 2 is 1.73 bits per heavy atom. The van der Waals surface area contributed by atoms with E-state index in [2.05, 4.69) is 21.2 Å². The summed E-state index contributed by atoms with van der Waals surface area (Å²) in [6.45, 7) is 1.32. The lowest BCUT2D eigenvalue weighted by Crippen LogP contribution is -2.23. The highest BCUT2D eigenvalue weighted by Crippen LogP contribution is 2.30. The molecule has 1 aliphatic heterocycles. The van der Waals surface area contributed by atoms with Gasteiger partial charge in [0.15, 0.2) is 11.5 Å². The fourth-order valence-corrected chi connectivity index (χ4v) is 2.96. The number of amides is 1. The molecule has 1 amide bonds. The maximum atomic E-state index is 12.4. The Bertz CT molecular complexity index is 933. The first-order valence-electron chi connectivity index (χ1n) is 8.21. The topological polar surface area (TPSA) is 60.7 Å². The molecule has 1 aliphatic rings. The van der Waals surface area contributed by atoms with Crippen LogP contribution in [0, 0.1) is 0 Å². The zero-order valence-corrected chi connectivity index (χ0v) is 15.4. The molecular weight excluding hydrogens is 398 g/mol. The Kier molecular flexibility index (Phi) is 4.67. The van der Waals surface area contributed by atoms with Crippen LogP contribution in [0.2, 0.25) is 0 Å². The van der Waals surface area contributed by atoms with Gasteiger partial charge in [0.25, 0.3) is 5.91 Å². The van der Waals surface area contributed by atoms with Crippen LogP contribution in [-0.4, -0.2) is 19.1 Å². The molecule has 26 heavy (non-hydrogen) atoms.